The van der Waals surface area contributed by atoms with Gasteiger partial charge in [0, 0.05) is 17.3 Å². The van der Waals surface area contributed by atoms with E-state index >= 15 is 0 Å². The van der Waals surface area contributed by atoms with Crippen LogP contribution < -0.4 is 5.32 Å². The third kappa shape index (κ3) is 3.21. The van der Waals surface area contributed by atoms with Crippen LogP contribution in [0.2, 0.25) is 0 Å². The summed E-state index contributed by atoms with van der Waals surface area (Å²) in [6.45, 7) is 3.56. The van der Waals surface area contributed by atoms with Crippen molar-refractivity contribution in [3.63, 3.8) is 0 Å². The predicted molar refractivity (Wildman–Crippen MR) is 77.0 cm³/mol. The van der Waals surface area contributed by atoms with Crippen molar-refractivity contribution >= 4 is 23.5 Å². The number of anilines is 1. The molecule has 0 bridgehead atoms. The summed E-state index contributed by atoms with van der Waals surface area (Å²) >= 11 is 0. The fourth-order valence-electron chi connectivity index (χ4n) is 2.21. The Morgan fingerprint density at radius 3 is 2.71 bits per heavy atom. The Bertz CT molecular complexity index is 595. The smallest absolute Gasteiger partial charge is 0.325 e. The van der Waals surface area contributed by atoms with E-state index in [9.17, 15) is 14.4 Å². The van der Waals surface area contributed by atoms with Gasteiger partial charge in [0.1, 0.15) is 6.54 Å². The van der Waals surface area contributed by atoms with Crippen molar-refractivity contribution in [1.29, 1.82) is 0 Å². The average molecular weight is 290 g/mol. The maximum absolute atomic E-state index is 12.5. The molecule has 0 fully saturated rings. The first-order valence-electron chi connectivity index (χ1n) is 6.73. The van der Waals surface area contributed by atoms with Crippen LogP contribution in [0.5, 0.6) is 0 Å². The molecule has 1 N–H and O–H groups in total. The quantitative estimate of drug-likeness (QED) is 0.846. The van der Waals surface area contributed by atoms with Gasteiger partial charge in [-0.3, -0.25) is 14.4 Å². The van der Waals surface area contributed by atoms with E-state index in [-0.39, 0.29) is 24.4 Å². The Morgan fingerprint density at radius 2 is 2.10 bits per heavy atom. The summed E-state index contributed by atoms with van der Waals surface area (Å²) in [6, 6.07) is 4.94. The normalized spacial score (nSPS) is 12.9. The van der Waals surface area contributed by atoms with E-state index in [0.717, 1.165) is 5.56 Å². The highest BCUT2D eigenvalue weighted by atomic mass is 16.5. The van der Waals surface area contributed by atoms with Gasteiger partial charge in [-0.2, -0.15) is 0 Å². The van der Waals surface area contributed by atoms with Crippen LogP contribution >= 0.6 is 0 Å². The predicted octanol–water partition coefficient (Wildman–Crippen LogP) is 1.20. The molecule has 0 atom stereocenters. The minimum atomic E-state index is -0.466. The second kappa shape index (κ2) is 5.95. The summed E-state index contributed by atoms with van der Waals surface area (Å²) in [5, 5.41) is 2.71. The number of nitrogens with one attached hydrogen (secondary N) is 1. The number of nitrogens with zero attached hydrogens (tertiary/aromatic N) is 1. The lowest BCUT2D eigenvalue weighted by atomic mass is 10.1. The van der Waals surface area contributed by atoms with Crippen LogP contribution in [0.15, 0.2) is 18.2 Å². The van der Waals surface area contributed by atoms with Crippen molar-refractivity contribution in [2.24, 2.45) is 0 Å². The molecule has 0 aliphatic carbocycles. The first kappa shape index (κ1) is 15.0. The Kier molecular flexibility index (Phi) is 4.26. The van der Waals surface area contributed by atoms with Gasteiger partial charge in [-0.1, -0.05) is 6.07 Å². The van der Waals surface area contributed by atoms with E-state index in [2.05, 4.69) is 10.1 Å². The van der Waals surface area contributed by atoms with Gasteiger partial charge in [0.2, 0.25) is 5.91 Å². The Labute approximate surface area is 123 Å². The van der Waals surface area contributed by atoms with Crippen molar-refractivity contribution < 1.29 is 19.1 Å². The van der Waals surface area contributed by atoms with E-state index in [0.29, 0.717) is 17.7 Å². The van der Waals surface area contributed by atoms with Gasteiger partial charge in [-0.15, -0.1) is 0 Å². The molecule has 1 heterocycles. The number of ether oxygens (including phenoxy) is 1. The first-order valence-corrected chi connectivity index (χ1v) is 6.73. The van der Waals surface area contributed by atoms with Crippen LogP contribution in [-0.2, 0) is 20.7 Å². The number of methoxy groups -OCH3 is 1. The highest BCUT2D eigenvalue weighted by molar-refractivity contribution is 6.02. The molecular weight excluding hydrogens is 272 g/mol. The number of fused-ring (bicyclic) bond motifs is 1. The van der Waals surface area contributed by atoms with Gasteiger partial charge in [-0.05, 0) is 31.5 Å². The molecular formula is C15H18N2O4. The number of carbonyl (C=O) groups excluding carboxylic acids is 3. The molecule has 0 aromatic heterocycles. The zero-order valence-corrected chi connectivity index (χ0v) is 12.3. The molecule has 1 aliphatic heterocycles. The van der Waals surface area contributed by atoms with Gasteiger partial charge >= 0.3 is 5.97 Å². The molecule has 1 aromatic carbocycles. The van der Waals surface area contributed by atoms with Crippen molar-refractivity contribution in [2.45, 2.75) is 26.3 Å². The standard InChI is InChI=1S/C15H18N2O4/c1-9(2)17(8-14(19)21-3)15(20)11-5-4-10-7-13(18)16-12(10)6-11/h4-6,9H,7-8H2,1-3H3,(H,16,18). The van der Waals surface area contributed by atoms with Crippen LogP contribution in [-0.4, -0.2) is 42.4 Å². The molecule has 1 aliphatic rings. The molecule has 0 unspecified atom stereocenters. The minimum Gasteiger partial charge on any atom is -0.468 e. The summed E-state index contributed by atoms with van der Waals surface area (Å²) in [4.78, 5) is 36.7. The van der Waals surface area contributed by atoms with Gasteiger partial charge in [0.05, 0.1) is 13.5 Å². The first-order chi connectivity index (χ1) is 9.92. The SMILES string of the molecule is COC(=O)CN(C(=O)c1ccc2c(c1)NC(=O)C2)C(C)C. The summed E-state index contributed by atoms with van der Waals surface area (Å²) < 4.78 is 4.62. The molecule has 1 aromatic rings. The molecule has 2 rings (SSSR count). The van der Waals surface area contributed by atoms with Gasteiger partial charge < -0.3 is 15.0 Å². The number of amides is 2. The number of carbonyl (C=O) groups is 3. The lowest BCUT2D eigenvalue weighted by Gasteiger charge is -2.25. The Hall–Kier alpha value is -2.37. The zero-order chi connectivity index (χ0) is 15.6. The zero-order valence-electron chi connectivity index (χ0n) is 12.3. The molecule has 0 spiro atoms. The number of benzene rings is 1. The van der Waals surface area contributed by atoms with Crippen molar-refractivity contribution in [3.05, 3.63) is 29.3 Å². The molecule has 112 valence electrons. The molecule has 21 heavy (non-hydrogen) atoms. The summed E-state index contributed by atoms with van der Waals surface area (Å²) in [5.41, 5.74) is 1.97. The van der Waals surface area contributed by atoms with Crippen molar-refractivity contribution in [1.82, 2.24) is 4.90 Å². The van der Waals surface area contributed by atoms with Crippen molar-refractivity contribution in [2.75, 3.05) is 19.0 Å². The lowest BCUT2D eigenvalue weighted by molar-refractivity contribution is -0.141. The molecule has 0 saturated carbocycles. The van der Waals surface area contributed by atoms with Crippen LogP contribution in [0.3, 0.4) is 0 Å². The average Bonchev–Trinajstić information content (AvgIpc) is 2.82. The summed E-state index contributed by atoms with van der Waals surface area (Å²) in [6.07, 6.45) is 0.333. The maximum Gasteiger partial charge on any atom is 0.325 e. The fourth-order valence-corrected chi connectivity index (χ4v) is 2.21. The number of hydrogen-bond acceptors (Lipinski definition) is 4. The largest absolute Gasteiger partial charge is 0.468 e. The monoisotopic (exact) mass is 290 g/mol. The molecule has 0 radical (unpaired) electrons. The Balaban J connectivity index is 2.23. The third-order valence-electron chi connectivity index (χ3n) is 3.39. The highest BCUT2D eigenvalue weighted by Crippen LogP contribution is 2.24. The highest BCUT2D eigenvalue weighted by Gasteiger charge is 2.24. The van der Waals surface area contributed by atoms with Crippen LogP contribution in [0, 0.1) is 0 Å². The molecule has 2 amide bonds. The lowest BCUT2D eigenvalue weighted by Crippen LogP contribution is -2.41. The second-order valence-electron chi connectivity index (χ2n) is 5.20. The van der Waals surface area contributed by atoms with Crippen LogP contribution in [0.25, 0.3) is 0 Å². The van der Waals surface area contributed by atoms with E-state index < -0.39 is 5.97 Å². The summed E-state index contributed by atoms with van der Waals surface area (Å²) in [5.74, 6) is -0.810. The third-order valence-corrected chi connectivity index (χ3v) is 3.39. The Morgan fingerprint density at radius 1 is 1.38 bits per heavy atom. The van der Waals surface area contributed by atoms with Gasteiger partial charge in [0.25, 0.3) is 5.91 Å². The van der Waals surface area contributed by atoms with E-state index in [1.807, 2.05) is 13.8 Å². The topological polar surface area (TPSA) is 75.7 Å². The second-order valence-corrected chi connectivity index (χ2v) is 5.20. The summed E-state index contributed by atoms with van der Waals surface area (Å²) in [7, 11) is 1.29. The van der Waals surface area contributed by atoms with Crippen LogP contribution in [0.4, 0.5) is 5.69 Å². The van der Waals surface area contributed by atoms with Crippen LogP contribution in [0.1, 0.15) is 29.8 Å². The number of rotatable bonds is 4. The number of esters is 1. The van der Waals surface area contributed by atoms with Crippen molar-refractivity contribution in [3.8, 4) is 0 Å². The number of hydrogen-bond donors (Lipinski definition) is 1. The van der Waals surface area contributed by atoms with E-state index in [1.54, 1.807) is 18.2 Å². The van der Waals surface area contributed by atoms with E-state index in [4.69, 9.17) is 0 Å². The molecule has 6 heteroatoms. The van der Waals surface area contributed by atoms with Gasteiger partial charge in [-0.25, -0.2) is 0 Å². The molecule has 6 nitrogen and oxygen atoms in total. The van der Waals surface area contributed by atoms with E-state index in [1.165, 1.54) is 12.0 Å². The molecule has 0 saturated heterocycles. The minimum absolute atomic E-state index is 0.0788. The maximum atomic E-state index is 12.5. The fraction of sp³-hybridized carbons (Fsp3) is 0.400. The van der Waals surface area contributed by atoms with Gasteiger partial charge in [0.15, 0.2) is 0 Å².